The highest BCUT2D eigenvalue weighted by molar-refractivity contribution is 5.95. The number of methoxy groups -OCH3 is 3. The number of rotatable bonds is 7. The van der Waals surface area contributed by atoms with Crippen molar-refractivity contribution >= 4 is 24.0 Å². The second-order valence-electron chi connectivity index (χ2n) is 4.81. The minimum absolute atomic E-state index is 0. The van der Waals surface area contributed by atoms with Gasteiger partial charge in [-0.2, -0.15) is 0 Å². The van der Waals surface area contributed by atoms with Gasteiger partial charge in [-0.3, -0.25) is 4.79 Å². The van der Waals surface area contributed by atoms with Crippen molar-refractivity contribution in [3.63, 3.8) is 0 Å². The van der Waals surface area contributed by atoms with Gasteiger partial charge in [0.15, 0.2) is 11.5 Å². The summed E-state index contributed by atoms with van der Waals surface area (Å²) < 4.78 is 15.7. The lowest BCUT2D eigenvalue weighted by Gasteiger charge is -2.19. The zero-order valence-electron chi connectivity index (χ0n) is 13.6. The smallest absolute Gasteiger partial charge is 0.241 e. The largest absolute Gasteiger partial charge is 0.493 e. The van der Waals surface area contributed by atoms with Gasteiger partial charge in [0.25, 0.3) is 0 Å². The first-order valence-electron chi connectivity index (χ1n) is 6.84. The molecule has 0 fully saturated rings. The molecule has 1 rings (SSSR count). The Morgan fingerprint density at radius 1 is 1.18 bits per heavy atom. The third kappa shape index (κ3) is 4.68. The predicted molar refractivity (Wildman–Crippen MR) is 89.4 cm³/mol. The Balaban J connectivity index is 0.00000441. The molecule has 0 aliphatic rings. The van der Waals surface area contributed by atoms with Crippen LogP contribution < -0.4 is 25.3 Å². The number of benzene rings is 1. The summed E-state index contributed by atoms with van der Waals surface area (Å²) in [6.45, 7) is 3.94. The molecule has 2 unspecified atom stereocenters. The fourth-order valence-corrected chi connectivity index (χ4v) is 1.89. The van der Waals surface area contributed by atoms with Crippen molar-refractivity contribution in [2.75, 3.05) is 26.6 Å². The van der Waals surface area contributed by atoms with Crippen molar-refractivity contribution in [2.45, 2.75) is 26.3 Å². The summed E-state index contributed by atoms with van der Waals surface area (Å²) in [6.07, 6.45) is 0.837. The summed E-state index contributed by atoms with van der Waals surface area (Å²) in [5.74, 6) is 1.29. The maximum atomic E-state index is 12.1. The van der Waals surface area contributed by atoms with E-state index in [-0.39, 0.29) is 24.2 Å². The summed E-state index contributed by atoms with van der Waals surface area (Å²) in [6, 6.07) is 2.78. The summed E-state index contributed by atoms with van der Waals surface area (Å²) in [5, 5.41) is 2.78. The van der Waals surface area contributed by atoms with Gasteiger partial charge in [-0.05, 0) is 5.92 Å². The van der Waals surface area contributed by atoms with E-state index in [1.165, 1.54) is 21.3 Å². The Hall–Kier alpha value is -1.66. The van der Waals surface area contributed by atoms with Crippen LogP contribution in [-0.4, -0.2) is 33.3 Å². The number of halogens is 1. The van der Waals surface area contributed by atoms with Crippen LogP contribution >= 0.6 is 12.4 Å². The SMILES string of the molecule is CCC(C)C(N)C(=O)Nc1cc(OC)c(OC)c(OC)c1.Cl. The fourth-order valence-electron chi connectivity index (χ4n) is 1.89. The number of anilines is 1. The molecule has 0 aliphatic carbocycles. The van der Waals surface area contributed by atoms with Crippen LogP contribution in [-0.2, 0) is 4.79 Å². The van der Waals surface area contributed by atoms with Crippen molar-refractivity contribution in [3.8, 4) is 17.2 Å². The first-order chi connectivity index (χ1) is 9.98. The van der Waals surface area contributed by atoms with E-state index in [2.05, 4.69) is 5.32 Å². The summed E-state index contributed by atoms with van der Waals surface area (Å²) in [5.41, 5.74) is 6.47. The number of ether oxygens (including phenoxy) is 3. The van der Waals surface area contributed by atoms with Crippen LogP contribution in [0.1, 0.15) is 20.3 Å². The average Bonchev–Trinajstić information content (AvgIpc) is 2.51. The molecule has 126 valence electrons. The average molecular weight is 333 g/mol. The Kier molecular flexibility index (Phi) is 8.67. The Bertz CT molecular complexity index is 471. The lowest BCUT2D eigenvalue weighted by molar-refractivity contribution is -0.118. The second-order valence-corrected chi connectivity index (χ2v) is 4.81. The van der Waals surface area contributed by atoms with Gasteiger partial charge in [0.1, 0.15) is 0 Å². The Morgan fingerprint density at radius 2 is 1.68 bits per heavy atom. The van der Waals surface area contributed by atoms with Crippen molar-refractivity contribution in [3.05, 3.63) is 12.1 Å². The van der Waals surface area contributed by atoms with E-state index in [1.807, 2.05) is 13.8 Å². The number of carbonyl (C=O) groups is 1. The van der Waals surface area contributed by atoms with Crippen LogP contribution in [0.15, 0.2) is 12.1 Å². The van der Waals surface area contributed by atoms with Crippen molar-refractivity contribution in [2.24, 2.45) is 11.7 Å². The third-order valence-corrected chi connectivity index (χ3v) is 3.49. The predicted octanol–water partition coefficient (Wildman–Crippen LogP) is 2.45. The standard InChI is InChI=1S/C15H24N2O4.ClH/c1-6-9(2)13(16)15(18)17-10-7-11(19-3)14(21-5)12(8-10)20-4;/h7-9,13H,6,16H2,1-5H3,(H,17,18);1H. The van der Waals surface area contributed by atoms with Gasteiger partial charge in [-0.25, -0.2) is 0 Å². The Morgan fingerprint density at radius 3 is 2.05 bits per heavy atom. The molecule has 2 atom stereocenters. The van der Waals surface area contributed by atoms with Crippen molar-refractivity contribution in [1.29, 1.82) is 0 Å². The van der Waals surface area contributed by atoms with Gasteiger partial charge in [0.2, 0.25) is 11.7 Å². The summed E-state index contributed by atoms with van der Waals surface area (Å²) in [7, 11) is 4.57. The zero-order chi connectivity index (χ0) is 16.0. The maximum absolute atomic E-state index is 12.1. The molecule has 22 heavy (non-hydrogen) atoms. The summed E-state index contributed by atoms with van der Waals surface area (Å²) in [4.78, 5) is 12.1. The van der Waals surface area contributed by atoms with Gasteiger partial charge >= 0.3 is 0 Å². The van der Waals surface area contributed by atoms with E-state index >= 15 is 0 Å². The van der Waals surface area contributed by atoms with Crippen LogP contribution in [0.3, 0.4) is 0 Å². The van der Waals surface area contributed by atoms with Crippen LogP contribution in [0.5, 0.6) is 17.2 Å². The molecule has 0 aromatic heterocycles. The van der Waals surface area contributed by atoms with E-state index in [0.29, 0.717) is 22.9 Å². The number of amides is 1. The molecule has 0 bridgehead atoms. The molecule has 7 heteroatoms. The van der Waals surface area contributed by atoms with Gasteiger partial charge in [-0.1, -0.05) is 20.3 Å². The lowest BCUT2D eigenvalue weighted by atomic mass is 9.99. The van der Waals surface area contributed by atoms with E-state index in [1.54, 1.807) is 12.1 Å². The van der Waals surface area contributed by atoms with Crippen LogP contribution in [0, 0.1) is 5.92 Å². The molecule has 0 saturated carbocycles. The molecular formula is C15H25ClN2O4. The fraction of sp³-hybridized carbons (Fsp3) is 0.533. The third-order valence-electron chi connectivity index (χ3n) is 3.49. The van der Waals surface area contributed by atoms with Crippen molar-refractivity contribution < 1.29 is 19.0 Å². The van der Waals surface area contributed by atoms with E-state index in [4.69, 9.17) is 19.9 Å². The van der Waals surface area contributed by atoms with Gasteiger partial charge in [-0.15, -0.1) is 12.4 Å². The van der Waals surface area contributed by atoms with E-state index in [0.717, 1.165) is 6.42 Å². The monoisotopic (exact) mass is 332 g/mol. The van der Waals surface area contributed by atoms with E-state index < -0.39 is 6.04 Å². The zero-order valence-corrected chi connectivity index (χ0v) is 14.5. The molecule has 1 aromatic rings. The first kappa shape index (κ1) is 20.3. The number of hydrogen-bond donors (Lipinski definition) is 2. The molecule has 0 saturated heterocycles. The number of carbonyl (C=O) groups excluding carboxylic acids is 1. The lowest BCUT2D eigenvalue weighted by Crippen LogP contribution is -2.40. The van der Waals surface area contributed by atoms with Gasteiger partial charge in [0.05, 0.1) is 27.4 Å². The number of nitrogens with two attached hydrogens (primary N) is 1. The molecule has 0 heterocycles. The minimum Gasteiger partial charge on any atom is -0.493 e. The first-order valence-corrected chi connectivity index (χ1v) is 6.84. The second kappa shape index (κ2) is 9.38. The van der Waals surface area contributed by atoms with Crippen molar-refractivity contribution in [1.82, 2.24) is 0 Å². The highest BCUT2D eigenvalue weighted by atomic mass is 35.5. The minimum atomic E-state index is -0.561. The topological polar surface area (TPSA) is 82.8 Å². The van der Waals surface area contributed by atoms with Crippen LogP contribution in [0.4, 0.5) is 5.69 Å². The molecule has 1 aromatic carbocycles. The Labute approximate surface area is 137 Å². The molecule has 0 aliphatic heterocycles. The number of nitrogens with one attached hydrogen (secondary N) is 1. The quantitative estimate of drug-likeness (QED) is 0.801. The van der Waals surface area contributed by atoms with Gasteiger partial charge < -0.3 is 25.3 Å². The molecule has 6 nitrogen and oxygen atoms in total. The molecular weight excluding hydrogens is 308 g/mol. The van der Waals surface area contributed by atoms with Crippen LogP contribution in [0.2, 0.25) is 0 Å². The molecule has 1 amide bonds. The summed E-state index contributed by atoms with van der Waals surface area (Å²) >= 11 is 0. The molecule has 3 N–H and O–H groups in total. The molecule has 0 radical (unpaired) electrons. The highest BCUT2D eigenvalue weighted by Gasteiger charge is 2.21. The van der Waals surface area contributed by atoms with Crippen LogP contribution in [0.25, 0.3) is 0 Å². The molecule has 0 spiro atoms. The normalized spacial score (nSPS) is 12.6. The highest BCUT2D eigenvalue weighted by Crippen LogP contribution is 2.39. The van der Waals surface area contributed by atoms with E-state index in [9.17, 15) is 4.79 Å². The van der Waals surface area contributed by atoms with Gasteiger partial charge in [0, 0.05) is 17.8 Å². The maximum Gasteiger partial charge on any atom is 0.241 e. The number of hydrogen-bond acceptors (Lipinski definition) is 5.